The molecule has 0 fully saturated rings. The first kappa shape index (κ1) is 14.3. The minimum Gasteiger partial charge on any atom is -0.550 e. The van der Waals surface area contributed by atoms with E-state index in [0.29, 0.717) is 11.0 Å². The Labute approximate surface area is 113 Å². The van der Waals surface area contributed by atoms with E-state index in [-0.39, 0.29) is 24.3 Å². The highest BCUT2D eigenvalue weighted by Gasteiger charge is 2.14. The average Bonchev–Trinajstić information content (AvgIpc) is 2.73. The van der Waals surface area contributed by atoms with Gasteiger partial charge in [0.2, 0.25) is 10.0 Å². The van der Waals surface area contributed by atoms with Gasteiger partial charge in [0.05, 0.1) is 15.9 Å². The number of aliphatic carboxylic acids is 1. The summed E-state index contributed by atoms with van der Waals surface area (Å²) in [6.45, 7) is -0.00198. The van der Waals surface area contributed by atoms with Gasteiger partial charge in [0, 0.05) is 12.5 Å². The van der Waals surface area contributed by atoms with E-state index in [1.807, 2.05) is 0 Å². The molecule has 0 unspecified atom stereocenters. The van der Waals surface area contributed by atoms with Crippen LogP contribution in [0.1, 0.15) is 12.8 Å². The Balaban J connectivity index is 2.14. The fourth-order valence-electron chi connectivity index (χ4n) is 1.70. The van der Waals surface area contributed by atoms with Crippen molar-refractivity contribution in [3.8, 4) is 0 Å². The van der Waals surface area contributed by atoms with E-state index >= 15 is 0 Å². The second kappa shape index (κ2) is 5.47. The van der Waals surface area contributed by atoms with Gasteiger partial charge >= 0.3 is 5.69 Å². The SMILES string of the molecule is O=C([O-])CCCNS(=O)(=O)c1ccc2[nH]c(=O)[nH]c2c1. The standard InChI is InChI=1S/C11H13N3O5S/c15-10(16)2-1-5-12-20(18,19)7-3-4-8-9(6-7)14-11(17)13-8/h3-4,6,12H,1-2,5H2,(H,15,16)(H2,13,14,17)/p-1. The van der Waals surface area contributed by atoms with Gasteiger partial charge in [0.25, 0.3) is 0 Å². The van der Waals surface area contributed by atoms with E-state index in [1.54, 1.807) is 0 Å². The van der Waals surface area contributed by atoms with Crippen molar-refractivity contribution in [3.05, 3.63) is 28.7 Å². The molecule has 0 aliphatic carbocycles. The third kappa shape index (κ3) is 3.25. The fraction of sp³-hybridized carbons (Fsp3) is 0.273. The van der Waals surface area contributed by atoms with Crippen LogP contribution in [0.5, 0.6) is 0 Å². The Morgan fingerprint density at radius 2 is 1.95 bits per heavy atom. The molecule has 0 aliphatic heterocycles. The van der Waals surface area contributed by atoms with Gasteiger partial charge in [0.1, 0.15) is 0 Å². The Hall–Kier alpha value is -2.13. The highest BCUT2D eigenvalue weighted by Crippen LogP contribution is 2.14. The van der Waals surface area contributed by atoms with E-state index in [9.17, 15) is 23.1 Å². The van der Waals surface area contributed by atoms with Gasteiger partial charge in [-0.1, -0.05) is 0 Å². The molecule has 20 heavy (non-hydrogen) atoms. The smallest absolute Gasteiger partial charge is 0.323 e. The lowest BCUT2D eigenvalue weighted by Gasteiger charge is -2.07. The maximum Gasteiger partial charge on any atom is 0.323 e. The summed E-state index contributed by atoms with van der Waals surface area (Å²) in [7, 11) is -3.74. The molecular weight excluding hydrogens is 286 g/mol. The number of hydrogen-bond acceptors (Lipinski definition) is 5. The second-order valence-corrected chi connectivity index (χ2v) is 5.93. The number of carbonyl (C=O) groups excluding carboxylic acids is 1. The molecule has 0 amide bonds. The van der Waals surface area contributed by atoms with Crippen LogP contribution in [0.2, 0.25) is 0 Å². The number of fused-ring (bicyclic) bond motifs is 1. The third-order valence-electron chi connectivity index (χ3n) is 2.65. The topological polar surface area (TPSA) is 135 Å². The summed E-state index contributed by atoms with van der Waals surface area (Å²) in [4.78, 5) is 26.3. The van der Waals surface area contributed by atoms with Gasteiger partial charge in [-0.3, -0.25) is 0 Å². The predicted molar refractivity (Wildman–Crippen MR) is 68.3 cm³/mol. The molecular formula is C11H12N3O5S-. The molecule has 0 bridgehead atoms. The number of aromatic amines is 2. The Bertz CT molecular complexity index is 790. The minimum atomic E-state index is -3.74. The quantitative estimate of drug-likeness (QED) is 0.567. The summed E-state index contributed by atoms with van der Waals surface area (Å²) in [6, 6.07) is 4.16. The van der Waals surface area contributed by atoms with Gasteiger partial charge < -0.3 is 19.9 Å². The first-order chi connectivity index (χ1) is 9.38. The summed E-state index contributed by atoms with van der Waals surface area (Å²) in [6.07, 6.45) is -0.0719. The highest BCUT2D eigenvalue weighted by atomic mass is 32.2. The van der Waals surface area contributed by atoms with Crippen molar-refractivity contribution >= 4 is 27.0 Å². The van der Waals surface area contributed by atoms with Crippen LogP contribution in [0.25, 0.3) is 11.0 Å². The fourth-order valence-corrected chi connectivity index (χ4v) is 2.80. The van der Waals surface area contributed by atoms with Crippen molar-refractivity contribution in [1.29, 1.82) is 0 Å². The number of rotatable bonds is 6. The van der Waals surface area contributed by atoms with Crippen molar-refractivity contribution in [1.82, 2.24) is 14.7 Å². The summed E-state index contributed by atoms with van der Waals surface area (Å²) in [5, 5.41) is 10.2. The number of hydrogen-bond donors (Lipinski definition) is 3. The summed E-state index contributed by atoms with van der Waals surface area (Å²) in [5.41, 5.74) is 0.468. The zero-order valence-corrected chi connectivity index (χ0v) is 11.1. The van der Waals surface area contributed by atoms with Crippen LogP contribution in [-0.4, -0.2) is 30.9 Å². The van der Waals surface area contributed by atoms with E-state index in [1.165, 1.54) is 18.2 Å². The molecule has 0 atom stereocenters. The lowest BCUT2D eigenvalue weighted by atomic mass is 10.3. The Morgan fingerprint density at radius 3 is 2.65 bits per heavy atom. The van der Waals surface area contributed by atoms with Crippen LogP contribution in [0.4, 0.5) is 0 Å². The Kier molecular flexibility index (Phi) is 3.91. The molecule has 0 saturated carbocycles. The number of imidazole rings is 1. The lowest BCUT2D eigenvalue weighted by molar-refractivity contribution is -0.305. The number of benzene rings is 1. The number of carbonyl (C=O) groups is 1. The molecule has 1 aromatic carbocycles. The predicted octanol–water partition coefficient (Wildman–Crippen LogP) is -1.34. The zero-order valence-electron chi connectivity index (χ0n) is 10.3. The van der Waals surface area contributed by atoms with Crippen molar-refractivity contribution in [2.24, 2.45) is 0 Å². The molecule has 108 valence electrons. The average molecular weight is 298 g/mol. The van der Waals surface area contributed by atoms with Crippen molar-refractivity contribution in [3.63, 3.8) is 0 Å². The summed E-state index contributed by atoms with van der Waals surface area (Å²) >= 11 is 0. The molecule has 0 radical (unpaired) electrons. The molecule has 0 saturated heterocycles. The number of sulfonamides is 1. The van der Waals surface area contributed by atoms with Crippen LogP contribution >= 0.6 is 0 Å². The van der Waals surface area contributed by atoms with Crippen molar-refractivity contribution < 1.29 is 18.3 Å². The molecule has 2 aromatic rings. The van der Waals surface area contributed by atoms with Crippen LogP contribution in [0.15, 0.2) is 27.9 Å². The zero-order chi connectivity index (χ0) is 14.8. The molecule has 1 heterocycles. The van der Waals surface area contributed by atoms with Crippen LogP contribution in [-0.2, 0) is 14.8 Å². The first-order valence-electron chi connectivity index (χ1n) is 5.80. The first-order valence-corrected chi connectivity index (χ1v) is 7.28. The molecule has 3 N–H and O–H groups in total. The highest BCUT2D eigenvalue weighted by molar-refractivity contribution is 7.89. The number of carboxylic acid groups (broad SMARTS) is 1. The molecule has 8 nitrogen and oxygen atoms in total. The number of carboxylic acids is 1. The monoisotopic (exact) mass is 298 g/mol. The minimum absolute atomic E-state index is 0.00198. The van der Waals surface area contributed by atoms with Crippen molar-refractivity contribution in [2.75, 3.05) is 6.54 Å². The molecule has 1 aromatic heterocycles. The van der Waals surface area contributed by atoms with Gasteiger partial charge in [-0.2, -0.15) is 0 Å². The maximum atomic E-state index is 12.0. The molecule has 0 spiro atoms. The van der Waals surface area contributed by atoms with Crippen LogP contribution in [0.3, 0.4) is 0 Å². The van der Waals surface area contributed by atoms with E-state index in [2.05, 4.69) is 14.7 Å². The lowest BCUT2D eigenvalue weighted by Crippen LogP contribution is -2.27. The maximum absolute atomic E-state index is 12.0. The molecule has 9 heteroatoms. The van der Waals surface area contributed by atoms with E-state index in [4.69, 9.17) is 0 Å². The van der Waals surface area contributed by atoms with Crippen LogP contribution < -0.4 is 15.5 Å². The summed E-state index contributed by atoms with van der Waals surface area (Å²) in [5.74, 6) is -1.23. The van der Waals surface area contributed by atoms with E-state index in [0.717, 1.165) is 0 Å². The second-order valence-electron chi connectivity index (χ2n) is 4.16. The number of H-pyrrole nitrogens is 2. The third-order valence-corrected chi connectivity index (χ3v) is 4.11. The molecule has 2 rings (SSSR count). The van der Waals surface area contributed by atoms with E-state index < -0.39 is 21.7 Å². The largest absolute Gasteiger partial charge is 0.550 e. The Morgan fingerprint density at radius 1 is 1.25 bits per heavy atom. The van der Waals surface area contributed by atoms with Crippen LogP contribution in [0, 0.1) is 0 Å². The van der Waals surface area contributed by atoms with Crippen molar-refractivity contribution in [2.45, 2.75) is 17.7 Å². The van der Waals surface area contributed by atoms with Gasteiger partial charge in [0.15, 0.2) is 0 Å². The van der Waals surface area contributed by atoms with Gasteiger partial charge in [-0.15, -0.1) is 0 Å². The number of nitrogens with one attached hydrogen (secondary N) is 3. The normalized spacial score (nSPS) is 11.8. The number of aromatic nitrogens is 2. The van der Waals surface area contributed by atoms with Gasteiger partial charge in [-0.25, -0.2) is 17.9 Å². The summed E-state index contributed by atoms with van der Waals surface area (Å²) < 4.78 is 26.2. The molecule has 0 aliphatic rings. The van der Waals surface area contributed by atoms with Gasteiger partial charge in [-0.05, 0) is 31.0 Å².